The van der Waals surface area contributed by atoms with E-state index in [1.165, 1.54) is 5.56 Å². The van der Waals surface area contributed by atoms with Gasteiger partial charge in [0, 0.05) is 17.5 Å². The molecule has 0 saturated carbocycles. The van der Waals surface area contributed by atoms with Crippen molar-refractivity contribution in [1.29, 1.82) is 0 Å². The Kier molecular flexibility index (Phi) is 6.67. The maximum absolute atomic E-state index is 11.7. The van der Waals surface area contributed by atoms with E-state index in [4.69, 9.17) is 0 Å². The van der Waals surface area contributed by atoms with E-state index in [0.717, 1.165) is 4.90 Å². The molecule has 0 heterocycles. The zero-order valence-electron chi connectivity index (χ0n) is 11.8. The Bertz CT molecular complexity index is 417. The van der Waals surface area contributed by atoms with Crippen LogP contribution in [0.4, 0.5) is 0 Å². The lowest BCUT2D eigenvalue weighted by Crippen LogP contribution is -2.30. The highest BCUT2D eigenvalue weighted by molar-refractivity contribution is 8.00. The molecule has 0 aromatic heterocycles. The Morgan fingerprint density at radius 2 is 2.00 bits per heavy atom. The number of nitrogens with one attached hydrogen (secondary N) is 2. The fraction of sp³-hybridized carbons (Fsp3) is 0.400. The molecule has 0 radical (unpaired) electrons. The topological polar surface area (TPSA) is 41.1 Å². The molecule has 0 aliphatic carbocycles. The van der Waals surface area contributed by atoms with Gasteiger partial charge in [-0.1, -0.05) is 18.2 Å². The predicted octanol–water partition coefficient (Wildman–Crippen LogP) is 2.75. The van der Waals surface area contributed by atoms with Crippen molar-refractivity contribution in [2.45, 2.75) is 30.0 Å². The van der Waals surface area contributed by atoms with Crippen LogP contribution in [0.25, 0.3) is 0 Å². The van der Waals surface area contributed by atoms with Gasteiger partial charge < -0.3 is 10.6 Å². The van der Waals surface area contributed by atoms with Gasteiger partial charge in [-0.15, -0.1) is 18.3 Å². The Labute approximate surface area is 119 Å². The number of amides is 1. The summed E-state index contributed by atoms with van der Waals surface area (Å²) >= 11 is 1.56. The van der Waals surface area contributed by atoms with Gasteiger partial charge in [-0.3, -0.25) is 4.79 Å². The molecule has 0 saturated heterocycles. The van der Waals surface area contributed by atoms with E-state index in [1.807, 2.05) is 14.0 Å². The van der Waals surface area contributed by atoms with E-state index in [9.17, 15) is 4.79 Å². The summed E-state index contributed by atoms with van der Waals surface area (Å²) in [6.45, 7) is 8.13. The number of rotatable bonds is 7. The van der Waals surface area contributed by atoms with Crippen molar-refractivity contribution in [3.05, 3.63) is 42.5 Å². The average Bonchev–Trinajstić information content (AvgIpc) is 2.44. The second-order valence-corrected chi connectivity index (χ2v) is 5.79. The van der Waals surface area contributed by atoms with Gasteiger partial charge >= 0.3 is 0 Å². The molecule has 1 aromatic rings. The largest absolute Gasteiger partial charge is 0.352 e. The normalized spacial score (nSPS) is 13.6. The van der Waals surface area contributed by atoms with Crippen LogP contribution >= 0.6 is 11.8 Å². The van der Waals surface area contributed by atoms with Gasteiger partial charge in [0.25, 0.3) is 0 Å². The van der Waals surface area contributed by atoms with E-state index < -0.39 is 0 Å². The highest BCUT2D eigenvalue weighted by Crippen LogP contribution is 2.24. The average molecular weight is 278 g/mol. The smallest absolute Gasteiger partial charge is 0.233 e. The minimum atomic E-state index is -0.104. The molecule has 0 aliphatic heterocycles. The van der Waals surface area contributed by atoms with Gasteiger partial charge in [0.15, 0.2) is 0 Å². The number of hydrogen-bond donors (Lipinski definition) is 2. The second-order valence-electron chi connectivity index (χ2n) is 4.37. The molecule has 0 fully saturated rings. The van der Waals surface area contributed by atoms with Crippen molar-refractivity contribution in [1.82, 2.24) is 10.6 Å². The van der Waals surface area contributed by atoms with Crippen molar-refractivity contribution in [3.8, 4) is 0 Å². The van der Waals surface area contributed by atoms with Crippen LogP contribution in [0.5, 0.6) is 0 Å². The molecule has 2 unspecified atom stereocenters. The van der Waals surface area contributed by atoms with Gasteiger partial charge in [-0.2, -0.15) is 0 Å². The molecule has 4 heteroatoms. The third kappa shape index (κ3) is 5.09. The molecule has 0 spiro atoms. The molecule has 104 valence electrons. The molecule has 19 heavy (non-hydrogen) atoms. The van der Waals surface area contributed by atoms with Crippen molar-refractivity contribution >= 4 is 17.7 Å². The molecule has 0 aliphatic rings. The summed E-state index contributed by atoms with van der Waals surface area (Å²) in [5, 5.41) is 5.90. The molecule has 1 amide bonds. The predicted molar refractivity (Wildman–Crippen MR) is 82.4 cm³/mol. The molecule has 0 bridgehead atoms. The number of hydrogen-bond acceptors (Lipinski definition) is 3. The van der Waals surface area contributed by atoms with Gasteiger partial charge in [0.2, 0.25) is 5.91 Å². The first-order valence-corrected chi connectivity index (χ1v) is 7.29. The summed E-state index contributed by atoms with van der Waals surface area (Å²) in [5.41, 5.74) is 1.25. The maximum atomic E-state index is 11.7. The van der Waals surface area contributed by atoms with E-state index in [0.29, 0.717) is 12.6 Å². The summed E-state index contributed by atoms with van der Waals surface area (Å²) in [5.74, 6) is 0.0394. The summed E-state index contributed by atoms with van der Waals surface area (Å²) < 4.78 is 0. The van der Waals surface area contributed by atoms with Crippen LogP contribution in [0, 0.1) is 0 Å². The fourth-order valence-electron chi connectivity index (χ4n) is 1.58. The summed E-state index contributed by atoms with van der Waals surface area (Å²) in [4.78, 5) is 12.8. The van der Waals surface area contributed by atoms with Crippen LogP contribution in [0.2, 0.25) is 0 Å². The standard InChI is InChI=1S/C15H22N2OS/c1-5-10-17-15(18)12(3)19-14-8-6-13(7-9-14)11(2)16-4/h5-9,11-12,16H,1,10H2,2-4H3,(H,17,18). The highest BCUT2D eigenvalue weighted by Gasteiger charge is 2.13. The first-order valence-electron chi connectivity index (χ1n) is 6.41. The molecular formula is C15H22N2OS. The Hall–Kier alpha value is -1.26. The lowest BCUT2D eigenvalue weighted by Gasteiger charge is -2.13. The van der Waals surface area contributed by atoms with Gasteiger partial charge in [0.05, 0.1) is 5.25 Å². The number of carbonyl (C=O) groups excluding carboxylic acids is 1. The summed E-state index contributed by atoms with van der Waals surface area (Å²) in [6, 6.07) is 8.65. The quantitative estimate of drug-likeness (QED) is 0.595. The van der Waals surface area contributed by atoms with Crippen molar-refractivity contribution in [2.75, 3.05) is 13.6 Å². The number of benzene rings is 1. The Balaban J connectivity index is 2.57. The lowest BCUT2D eigenvalue weighted by molar-refractivity contribution is -0.120. The SMILES string of the molecule is C=CCNC(=O)C(C)Sc1ccc(C(C)NC)cc1. The molecule has 1 aromatic carbocycles. The van der Waals surface area contributed by atoms with Crippen molar-refractivity contribution < 1.29 is 4.79 Å². The number of thioether (sulfide) groups is 1. The van der Waals surface area contributed by atoms with Crippen LogP contribution in [0.1, 0.15) is 25.5 Å². The molecule has 2 N–H and O–H groups in total. The minimum Gasteiger partial charge on any atom is -0.352 e. The van der Waals surface area contributed by atoms with E-state index in [1.54, 1.807) is 17.8 Å². The second kappa shape index (κ2) is 8.02. The lowest BCUT2D eigenvalue weighted by atomic mass is 10.1. The Morgan fingerprint density at radius 3 is 2.53 bits per heavy atom. The molecule has 1 rings (SSSR count). The zero-order chi connectivity index (χ0) is 14.3. The van der Waals surface area contributed by atoms with Gasteiger partial charge in [-0.05, 0) is 38.6 Å². The van der Waals surface area contributed by atoms with Crippen LogP contribution in [-0.2, 0) is 4.79 Å². The third-order valence-corrected chi connectivity index (χ3v) is 4.03. The van der Waals surface area contributed by atoms with Crippen LogP contribution < -0.4 is 10.6 Å². The summed E-state index contributed by atoms with van der Waals surface area (Å²) in [6.07, 6.45) is 1.68. The first kappa shape index (κ1) is 15.8. The van der Waals surface area contributed by atoms with E-state index in [-0.39, 0.29) is 11.2 Å². The first-order chi connectivity index (χ1) is 9.08. The van der Waals surface area contributed by atoms with E-state index >= 15 is 0 Å². The van der Waals surface area contributed by atoms with E-state index in [2.05, 4.69) is 48.4 Å². The van der Waals surface area contributed by atoms with Crippen molar-refractivity contribution in [2.24, 2.45) is 0 Å². The Morgan fingerprint density at radius 1 is 1.37 bits per heavy atom. The highest BCUT2D eigenvalue weighted by atomic mass is 32.2. The van der Waals surface area contributed by atoms with Gasteiger partial charge in [-0.25, -0.2) is 0 Å². The van der Waals surface area contributed by atoms with Crippen LogP contribution in [0.15, 0.2) is 41.8 Å². The number of carbonyl (C=O) groups is 1. The van der Waals surface area contributed by atoms with Crippen molar-refractivity contribution in [3.63, 3.8) is 0 Å². The fourth-order valence-corrected chi connectivity index (χ4v) is 2.47. The van der Waals surface area contributed by atoms with Crippen LogP contribution in [-0.4, -0.2) is 24.7 Å². The molecular weight excluding hydrogens is 256 g/mol. The maximum Gasteiger partial charge on any atom is 0.233 e. The summed E-state index contributed by atoms with van der Waals surface area (Å²) in [7, 11) is 1.94. The van der Waals surface area contributed by atoms with Gasteiger partial charge in [0.1, 0.15) is 0 Å². The third-order valence-electron chi connectivity index (χ3n) is 2.92. The van der Waals surface area contributed by atoms with Crippen LogP contribution in [0.3, 0.4) is 0 Å². The molecule has 3 nitrogen and oxygen atoms in total. The zero-order valence-corrected chi connectivity index (χ0v) is 12.6. The monoisotopic (exact) mass is 278 g/mol. The minimum absolute atomic E-state index is 0.0394. The molecule has 2 atom stereocenters.